The Bertz CT molecular complexity index is 802. The zero-order valence-corrected chi connectivity index (χ0v) is 16.2. The summed E-state index contributed by atoms with van der Waals surface area (Å²) in [5.74, 6) is -0.176. The minimum absolute atomic E-state index is 0.0715. The van der Waals surface area contributed by atoms with Gasteiger partial charge in [0, 0.05) is 43.3 Å². The second-order valence-electron chi connectivity index (χ2n) is 7.37. The summed E-state index contributed by atoms with van der Waals surface area (Å²) >= 11 is 6.08. The standard InChI is InChI=1S/C22H25ClN2O2/c23-18-6-3-5-17(15-18)16-25-13-11-24(12-14-25)10-4-9-21-19-7-1-2-8-20(19)22(26)27-21/h1-3,5-8,15,21H,4,9-14,16H2. The zero-order valence-electron chi connectivity index (χ0n) is 15.4. The van der Waals surface area contributed by atoms with Gasteiger partial charge in [-0.05, 0) is 43.1 Å². The van der Waals surface area contributed by atoms with Gasteiger partial charge in [0.2, 0.25) is 0 Å². The van der Waals surface area contributed by atoms with E-state index in [0.717, 1.165) is 68.3 Å². The highest BCUT2D eigenvalue weighted by Crippen LogP contribution is 2.33. The molecule has 5 heteroatoms. The molecular weight excluding hydrogens is 360 g/mol. The fourth-order valence-corrected chi connectivity index (χ4v) is 4.21. The van der Waals surface area contributed by atoms with Gasteiger partial charge in [0.05, 0.1) is 5.56 Å². The molecule has 0 N–H and O–H groups in total. The van der Waals surface area contributed by atoms with Crippen LogP contribution in [-0.2, 0) is 11.3 Å². The van der Waals surface area contributed by atoms with Gasteiger partial charge in [-0.15, -0.1) is 0 Å². The van der Waals surface area contributed by atoms with E-state index in [4.69, 9.17) is 16.3 Å². The molecule has 27 heavy (non-hydrogen) atoms. The maximum absolute atomic E-state index is 11.9. The van der Waals surface area contributed by atoms with Crippen LogP contribution in [-0.4, -0.2) is 48.5 Å². The van der Waals surface area contributed by atoms with Crippen molar-refractivity contribution in [1.29, 1.82) is 0 Å². The van der Waals surface area contributed by atoms with E-state index in [0.29, 0.717) is 0 Å². The first kappa shape index (κ1) is 18.5. The third-order valence-corrected chi connectivity index (χ3v) is 5.71. The Labute approximate surface area is 165 Å². The van der Waals surface area contributed by atoms with Crippen LogP contribution in [0.25, 0.3) is 0 Å². The molecule has 0 radical (unpaired) electrons. The van der Waals surface area contributed by atoms with Gasteiger partial charge in [0.1, 0.15) is 6.10 Å². The first-order valence-corrected chi connectivity index (χ1v) is 10.1. The van der Waals surface area contributed by atoms with E-state index >= 15 is 0 Å². The predicted octanol–water partition coefficient (Wildman–Crippen LogP) is 4.15. The van der Waals surface area contributed by atoms with Crippen LogP contribution in [0.4, 0.5) is 0 Å². The minimum Gasteiger partial charge on any atom is -0.454 e. The van der Waals surface area contributed by atoms with Crippen molar-refractivity contribution in [2.24, 2.45) is 0 Å². The van der Waals surface area contributed by atoms with Crippen LogP contribution in [0.1, 0.15) is 40.4 Å². The summed E-state index contributed by atoms with van der Waals surface area (Å²) in [6, 6.07) is 15.9. The summed E-state index contributed by atoms with van der Waals surface area (Å²) < 4.78 is 5.54. The Morgan fingerprint density at radius 1 is 1.00 bits per heavy atom. The molecule has 2 aliphatic heterocycles. The highest BCUT2D eigenvalue weighted by Gasteiger charge is 2.30. The number of benzene rings is 2. The highest BCUT2D eigenvalue weighted by atomic mass is 35.5. The topological polar surface area (TPSA) is 32.8 Å². The lowest BCUT2D eigenvalue weighted by Crippen LogP contribution is -2.46. The molecule has 1 saturated heterocycles. The van der Waals surface area contributed by atoms with E-state index in [1.165, 1.54) is 5.56 Å². The van der Waals surface area contributed by atoms with Crippen molar-refractivity contribution in [2.45, 2.75) is 25.5 Å². The molecule has 1 fully saturated rings. The van der Waals surface area contributed by atoms with Crippen molar-refractivity contribution >= 4 is 17.6 Å². The van der Waals surface area contributed by atoms with Crippen LogP contribution in [0.2, 0.25) is 5.02 Å². The van der Waals surface area contributed by atoms with E-state index in [1.807, 2.05) is 36.4 Å². The summed E-state index contributed by atoms with van der Waals surface area (Å²) in [5.41, 5.74) is 3.06. The lowest BCUT2D eigenvalue weighted by Gasteiger charge is -2.34. The monoisotopic (exact) mass is 384 g/mol. The SMILES string of the molecule is O=C1OC(CCCN2CCN(Cc3cccc(Cl)c3)CC2)c2ccccc21. The smallest absolute Gasteiger partial charge is 0.339 e. The molecule has 142 valence electrons. The lowest BCUT2D eigenvalue weighted by molar-refractivity contribution is 0.0353. The first-order chi connectivity index (χ1) is 13.2. The van der Waals surface area contributed by atoms with Crippen molar-refractivity contribution in [3.8, 4) is 0 Å². The van der Waals surface area contributed by atoms with Gasteiger partial charge in [-0.1, -0.05) is 41.9 Å². The Morgan fingerprint density at radius 2 is 1.78 bits per heavy atom. The van der Waals surface area contributed by atoms with Gasteiger partial charge >= 0.3 is 5.97 Å². The number of fused-ring (bicyclic) bond motifs is 1. The van der Waals surface area contributed by atoms with Gasteiger partial charge in [-0.2, -0.15) is 0 Å². The second kappa shape index (κ2) is 8.42. The molecule has 2 aliphatic rings. The van der Waals surface area contributed by atoms with Crippen LogP contribution < -0.4 is 0 Å². The molecule has 1 atom stereocenters. The van der Waals surface area contributed by atoms with Crippen molar-refractivity contribution < 1.29 is 9.53 Å². The molecule has 2 aromatic rings. The Hall–Kier alpha value is -1.88. The number of hydrogen-bond acceptors (Lipinski definition) is 4. The third-order valence-electron chi connectivity index (χ3n) is 5.48. The number of halogens is 1. The number of hydrogen-bond donors (Lipinski definition) is 0. The van der Waals surface area contributed by atoms with Crippen molar-refractivity contribution in [2.75, 3.05) is 32.7 Å². The van der Waals surface area contributed by atoms with Crippen LogP contribution in [0.3, 0.4) is 0 Å². The lowest BCUT2D eigenvalue weighted by atomic mass is 10.0. The summed E-state index contributed by atoms with van der Waals surface area (Å²) in [6.07, 6.45) is 1.87. The number of carbonyl (C=O) groups excluding carboxylic acids is 1. The van der Waals surface area contributed by atoms with Crippen LogP contribution in [0.15, 0.2) is 48.5 Å². The third kappa shape index (κ3) is 4.52. The first-order valence-electron chi connectivity index (χ1n) is 9.68. The molecule has 0 saturated carbocycles. The average Bonchev–Trinajstić information content (AvgIpc) is 3.00. The number of esters is 1. The predicted molar refractivity (Wildman–Crippen MR) is 107 cm³/mol. The van der Waals surface area contributed by atoms with Crippen LogP contribution in [0.5, 0.6) is 0 Å². The van der Waals surface area contributed by atoms with E-state index < -0.39 is 0 Å². The van der Waals surface area contributed by atoms with Gasteiger partial charge in [0.15, 0.2) is 0 Å². The Balaban J connectivity index is 1.20. The molecule has 0 bridgehead atoms. The number of carbonyl (C=O) groups is 1. The molecule has 2 aromatic carbocycles. The fourth-order valence-electron chi connectivity index (χ4n) is 4.00. The molecule has 0 aliphatic carbocycles. The second-order valence-corrected chi connectivity index (χ2v) is 7.81. The molecule has 4 nitrogen and oxygen atoms in total. The van der Waals surface area contributed by atoms with Crippen molar-refractivity contribution in [3.05, 3.63) is 70.2 Å². The quantitative estimate of drug-likeness (QED) is 0.700. The molecule has 0 aromatic heterocycles. The summed E-state index contributed by atoms with van der Waals surface area (Å²) in [6.45, 7) is 6.34. The number of cyclic esters (lactones) is 1. The zero-order chi connectivity index (χ0) is 18.6. The normalized spacial score (nSPS) is 20.5. The van der Waals surface area contributed by atoms with Crippen molar-refractivity contribution in [1.82, 2.24) is 9.80 Å². The van der Waals surface area contributed by atoms with Crippen LogP contribution >= 0.6 is 11.6 Å². The highest BCUT2D eigenvalue weighted by molar-refractivity contribution is 6.30. The van der Waals surface area contributed by atoms with Crippen molar-refractivity contribution in [3.63, 3.8) is 0 Å². The summed E-state index contributed by atoms with van der Waals surface area (Å²) in [5, 5.41) is 0.806. The number of rotatable bonds is 6. The van der Waals surface area contributed by atoms with Gasteiger partial charge in [-0.3, -0.25) is 4.90 Å². The van der Waals surface area contributed by atoms with E-state index in [9.17, 15) is 4.79 Å². The number of piperazine rings is 1. The Kier molecular flexibility index (Phi) is 5.77. The van der Waals surface area contributed by atoms with E-state index in [1.54, 1.807) is 0 Å². The number of nitrogens with zero attached hydrogens (tertiary/aromatic N) is 2. The Morgan fingerprint density at radius 3 is 2.59 bits per heavy atom. The van der Waals surface area contributed by atoms with Gasteiger partial charge in [0.25, 0.3) is 0 Å². The maximum atomic E-state index is 11.9. The van der Waals surface area contributed by atoms with E-state index in [2.05, 4.69) is 21.9 Å². The molecular formula is C22H25ClN2O2. The number of ether oxygens (including phenoxy) is 1. The molecule has 0 spiro atoms. The minimum atomic E-state index is -0.176. The van der Waals surface area contributed by atoms with Gasteiger partial charge in [-0.25, -0.2) is 4.79 Å². The molecule has 0 amide bonds. The molecule has 1 unspecified atom stereocenters. The average molecular weight is 385 g/mol. The van der Waals surface area contributed by atoms with E-state index in [-0.39, 0.29) is 12.1 Å². The van der Waals surface area contributed by atoms with Gasteiger partial charge < -0.3 is 9.64 Å². The molecule has 2 heterocycles. The molecule has 4 rings (SSSR count). The largest absolute Gasteiger partial charge is 0.454 e. The fraction of sp³-hybridized carbons (Fsp3) is 0.409. The summed E-state index contributed by atoms with van der Waals surface area (Å²) in [7, 11) is 0. The summed E-state index contributed by atoms with van der Waals surface area (Å²) in [4.78, 5) is 16.9. The maximum Gasteiger partial charge on any atom is 0.339 e. The van der Waals surface area contributed by atoms with Crippen LogP contribution in [0, 0.1) is 0 Å².